The third kappa shape index (κ3) is 3.19. The molecule has 2 nitrogen and oxygen atoms in total. The van der Waals surface area contributed by atoms with E-state index in [1.807, 2.05) is 25.1 Å². The largest absolute Gasteiger partial charge is 0.384 e. The summed E-state index contributed by atoms with van der Waals surface area (Å²) in [6.45, 7) is 2.03. The highest BCUT2D eigenvalue weighted by molar-refractivity contribution is 9.09. The van der Waals surface area contributed by atoms with E-state index in [4.69, 9.17) is 5.73 Å². The minimum absolute atomic E-state index is 0.573. The molecule has 13 heavy (non-hydrogen) atoms. The number of nitrogen functional groups attached to an aromatic ring is 1. The lowest BCUT2D eigenvalue weighted by Gasteiger charge is -1.99. The van der Waals surface area contributed by atoms with Crippen molar-refractivity contribution in [1.82, 2.24) is 4.98 Å². The van der Waals surface area contributed by atoms with Gasteiger partial charge in [-0.1, -0.05) is 28.1 Å². The fourth-order valence-electron chi connectivity index (χ4n) is 0.987. The second-order valence-electron chi connectivity index (χ2n) is 2.82. The number of alkyl halides is 1. The molecule has 3 heteroatoms. The van der Waals surface area contributed by atoms with Crippen molar-refractivity contribution in [1.29, 1.82) is 0 Å². The summed E-state index contributed by atoms with van der Waals surface area (Å²) in [4.78, 5) is 4.22. The summed E-state index contributed by atoms with van der Waals surface area (Å²) in [6, 6.07) is 3.80. The van der Waals surface area contributed by atoms with Gasteiger partial charge in [0.15, 0.2) is 0 Å². The van der Waals surface area contributed by atoms with E-state index in [0.29, 0.717) is 5.82 Å². The minimum Gasteiger partial charge on any atom is -0.384 e. The van der Waals surface area contributed by atoms with E-state index in [-0.39, 0.29) is 0 Å². The predicted octanol–water partition coefficient (Wildman–Crippen LogP) is 2.77. The lowest BCUT2D eigenvalue weighted by molar-refractivity contribution is 1.22. The van der Waals surface area contributed by atoms with Gasteiger partial charge in [0.1, 0.15) is 5.82 Å². The van der Waals surface area contributed by atoms with Crippen LogP contribution in [-0.2, 0) is 0 Å². The first-order valence-corrected chi connectivity index (χ1v) is 5.32. The number of halogens is 1. The fraction of sp³-hybridized carbons (Fsp3) is 0.300. The number of rotatable bonds is 3. The van der Waals surface area contributed by atoms with Crippen molar-refractivity contribution in [2.24, 2.45) is 0 Å². The lowest BCUT2D eigenvalue weighted by Crippen LogP contribution is -1.93. The van der Waals surface area contributed by atoms with E-state index in [0.717, 1.165) is 23.0 Å². The Kier molecular flexibility index (Phi) is 3.96. The third-order valence-corrected chi connectivity index (χ3v) is 2.17. The molecule has 1 rings (SSSR count). The number of hydrogen-bond acceptors (Lipinski definition) is 2. The molecule has 0 fully saturated rings. The van der Waals surface area contributed by atoms with Crippen LogP contribution in [0.4, 0.5) is 5.82 Å². The normalized spacial score (nSPS) is 10.9. The number of aryl methyl sites for hydroxylation is 1. The summed E-state index contributed by atoms with van der Waals surface area (Å²) in [7, 11) is 0. The van der Waals surface area contributed by atoms with Crippen LogP contribution in [0.1, 0.15) is 17.7 Å². The summed E-state index contributed by atoms with van der Waals surface area (Å²) in [5, 5.41) is 0.977. The minimum atomic E-state index is 0.573. The van der Waals surface area contributed by atoms with E-state index < -0.39 is 0 Å². The number of allylic oxidation sites excluding steroid dienone is 1. The molecule has 0 amide bonds. The van der Waals surface area contributed by atoms with Gasteiger partial charge in [0.25, 0.3) is 0 Å². The molecular weight excluding hydrogens is 228 g/mol. The van der Waals surface area contributed by atoms with Gasteiger partial charge < -0.3 is 5.73 Å². The first-order chi connectivity index (χ1) is 6.24. The standard InChI is InChI=1S/C10H13BrN2/c1-8-5-6-10(12)13-9(8)4-2-3-7-11/h2,4-6H,3,7H2,1H3,(H2,12,13). The number of pyridine rings is 1. The van der Waals surface area contributed by atoms with Gasteiger partial charge >= 0.3 is 0 Å². The summed E-state index contributed by atoms with van der Waals surface area (Å²) in [6.07, 6.45) is 5.10. The number of nitrogens with zero attached hydrogens (tertiary/aromatic N) is 1. The zero-order valence-corrected chi connectivity index (χ0v) is 9.21. The maximum atomic E-state index is 5.58. The molecule has 0 atom stereocenters. The van der Waals surface area contributed by atoms with Crippen LogP contribution < -0.4 is 5.73 Å². The van der Waals surface area contributed by atoms with Crippen molar-refractivity contribution in [2.45, 2.75) is 13.3 Å². The first kappa shape index (κ1) is 10.3. The van der Waals surface area contributed by atoms with Gasteiger partial charge in [-0.2, -0.15) is 0 Å². The molecule has 0 bridgehead atoms. The van der Waals surface area contributed by atoms with Crippen LogP contribution >= 0.6 is 15.9 Å². The second-order valence-corrected chi connectivity index (χ2v) is 3.61. The highest BCUT2D eigenvalue weighted by Crippen LogP contribution is 2.09. The van der Waals surface area contributed by atoms with Crippen molar-refractivity contribution in [3.05, 3.63) is 29.5 Å². The van der Waals surface area contributed by atoms with Gasteiger partial charge in [-0.25, -0.2) is 4.98 Å². The topological polar surface area (TPSA) is 38.9 Å². The van der Waals surface area contributed by atoms with E-state index >= 15 is 0 Å². The summed E-state index contributed by atoms with van der Waals surface area (Å²) < 4.78 is 0. The third-order valence-electron chi connectivity index (χ3n) is 1.71. The quantitative estimate of drug-likeness (QED) is 0.826. The van der Waals surface area contributed by atoms with Crippen molar-refractivity contribution in [3.63, 3.8) is 0 Å². The molecule has 0 aliphatic heterocycles. The Balaban J connectivity index is 2.81. The van der Waals surface area contributed by atoms with Gasteiger partial charge in [-0.05, 0) is 31.1 Å². The Morgan fingerprint density at radius 3 is 3.00 bits per heavy atom. The molecule has 70 valence electrons. The lowest BCUT2D eigenvalue weighted by atomic mass is 10.2. The van der Waals surface area contributed by atoms with Crippen LogP contribution in [0.15, 0.2) is 18.2 Å². The maximum Gasteiger partial charge on any atom is 0.124 e. The summed E-state index contributed by atoms with van der Waals surface area (Å²) in [5.74, 6) is 0.573. The molecule has 1 aromatic heterocycles. The number of anilines is 1. The van der Waals surface area contributed by atoms with Gasteiger partial charge in [0, 0.05) is 5.33 Å². The van der Waals surface area contributed by atoms with Gasteiger partial charge in [-0.15, -0.1) is 0 Å². The molecular formula is C10H13BrN2. The van der Waals surface area contributed by atoms with Crippen LogP contribution in [-0.4, -0.2) is 10.3 Å². The molecule has 0 saturated heterocycles. The number of aromatic nitrogens is 1. The van der Waals surface area contributed by atoms with E-state index in [2.05, 4.69) is 27.0 Å². The summed E-state index contributed by atoms with van der Waals surface area (Å²) in [5.41, 5.74) is 7.69. The van der Waals surface area contributed by atoms with Crippen LogP contribution in [0, 0.1) is 6.92 Å². The Hall–Kier alpha value is -0.830. The van der Waals surface area contributed by atoms with Crippen LogP contribution in [0.3, 0.4) is 0 Å². The second kappa shape index (κ2) is 5.02. The van der Waals surface area contributed by atoms with E-state index in [9.17, 15) is 0 Å². The van der Waals surface area contributed by atoms with Crippen LogP contribution in [0.2, 0.25) is 0 Å². The van der Waals surface area contributed by atoms with Gasteiger partial charge in [0.05, 0.1) is 5.69 Å². The monoisotopic (exact) mass is 240 g/mol. The fourth-order valence-corrected chi connectivity index (χ4v) is 1.25. The molecule has 0 aromatic carbocycles. The van der Waals surface area contributed by atoms with Crippen LogP contribution in [0.25, 0.3) is 6.08 Å². The average Bonchev–Trinajstić information content (AvgIpc) is 2.11. The Labute approximate surface area is 87.0 Å². The molecule has 0 saturated carbocycles. The van der Waals surface area contributed by atoms with Crippen LogP contribution in [0.5, 0.6) is 0 Å². The molecule has 1 aromatic rings. The highest BCUT2D eigenvalue weighted by atomic mass is 79.9. The zero-order valence-electron chi connectivity index (χ0n) is 7.63. The van der Waals surface area contributed by atoms with Crippen molar-refractivity contribution >= 4 is 27.8 Å². The first-order valence-electron chi connectivity index (χ1n) is 4.19. The predicted molar refractivity (Wildman–Crippen MR) is 60.8 cm³/mol. The number of nitrogens with two attached hydrogens (primary N) is 1. The van der Waals surface area contributed by atoms with Gasteiger partial charge in [0.2, 0.25) is 0 Å². The molecule has 0 aliphatic rings. The molecule has 0 aliphatic carbocycles. The zero-order chi connectivity index (χ0) is 9.68. The Morgan fingerprint density at radius 2 is 2.31 bits per heavy atom. The molecule has 1 heterocycles. The van der Waals surface area contributed by atoms with E-state index in [1.165, 1.54) is 0 Å². The SMILES string of the molecule is Cc1ccc(N)nc1C=CCCBr. The molecule has 2 N–H and O–H groups in total. The average molecular weight is 241 g/mol. The number of hydrogen-bond donors (Lipinski definition) is 1. The van der Waals surface area contributed by atoms with Gasteiger partial charge in [-0.3, -0.25) is 0 Å². The molecule has 0 radical (unpaired) electrons. The Bertz CT molecular complexity index is 308. The highest BCUT2D eigenvalue weighted by Gasteiger charge is 1.95. The van der Waals surface area contributed by atoms with E-state index in [1.54, 1.807) is 0 Å². The maximum absolute atomic E-state index is 5.58. The molecule has 0 spiro atoms. The summed E-state index contributed by atoms with van der Waals surface area (Å²) >= 11 is 3.36. The Morgan fingerprint density at radius 1 is 1.54 bits per heavy atom. The smallest absolute Gasteiger partial charge is 0.124 e. The van der Waals surface area contributed by atoms with Crippen molar-refractivity contribution in [2.75, 3.05) is 11.1 Å². The molecule has 0 unspecified atom stereocenters. The van der Waals surface area contributed by atoms with Crippen molar-refractivity contribution < 1.29 is 0 Å². The van der Waals surface area contributed by atoms with Crippen molar-refractivity contribution in [3.8, 4) is 0 Å².